The number of ether oxygens (including phenoxy) is 1. The van der Waals surface area contributed by atoms with Gasteiger partial charge in [0.2, 0.25) is 17.8 Å². The summed E-state index contributed by atoms with van der Waals surface area (Å²) < 4.78 is 43.9. The zero-order valence-corrected chi connectivity index (χ0v) is 19.9. The fraction of sp³-hybridized carbons (Fsp3) is 0.522. The lowest BCUT2D eigenvalue weighted by Crippen LogP contribution is -2.54. The number of allylic oxidation sites excluding steroid dienone is 2. The summed E-state index contributed by atoms with van der Waals surface area (Å²) in [6, 6.07) is -0.158. The van der Waals surface area contributed by atoms with E-state index in [2.05, 4.69) is 27.1 Å². The number of piperazine rings is 1. The number of alkyl halides is 3. The minimum atomic E-state index is -4.49. The Kier molecular flexibility index (Phi) is 7.57. The van der Waals surface area contributed by atoms with E-state index in [0.717, 1.165) is 23.7 Å². The van der Waals surface area contributed by atoms with Crippen molar-refractivity contribution in [2.45, 2.75) is 38.4 Å². The molecular weight excluding hydrogens is 479 g/mol. The van der Waals surface area contributed by atoms with Crippen LogP contribution in [0.5, 0.6) is 0 Å². The molecule has 1 N–H and O–H groups in total. The summed E-state index contributed by atoms with van der Waals surface area (Å²) in [5, 5.41) is 4.02. The van der Waals surface area contributed by atoms with Gasteiger partial charge < -0.3 is 19.4 Å². The number of aromatic nitrogens is 2. The summed E-state index contributed by atoms with van der Waals surface area (Å²) in [5.41, 5.74) is 4.31. The Morgan fingerprint density at radius 3 is 2.67 bits per heavy atom. The monoisotopic (exact) mass is 507 g/mol. The van der Waals surface area contributed by atoms with Crippen LogP contribution in [0.4, 0.5) is 19.1 Å². The van der Waals surface area contributed by atoms with Crippen molar-refractivity contribution < 1.29 is 27.5 Å². The Morgan fingerprint density at radius 1 is 1.22 bits per heavy atom. The number of hydrazone groups is 1. The molecule has 194 valence electrons. The third kappa shape index (κ3) is 5.66. The Bertz CT molecular complexity index is 1070. The summed E-state index contributed by atoms with van der Waals surface area (Å²) in [4.78, 5) is 37.8. The number of amides is 2. The van der Waals surface area contributed by atoms with E-state index in [-0.39, 0.29) is 43.4 Å². The van der Waals surface area contributed by atoms with Gasteiger partial charge in [-0.25, -0.2) is 9.97 Å². The maximum absolute atomic E-state index is 12.7. The lowest BCUT2D eigenvalue weighted by molar-refractivity contribution is -0.138. The van der Waals surface area contributed by atoms with E-state index in [4.69, 9.17) is 4.74 Å². The van der Waals surface area contributed by atoms with Gasteiger partial charge in [-0.2, -0.15) is 18.3 Å². The van der Waals surface area contributed by atoms with Gasteiger partial charge in [0.05, 0.1) is 42.8 Å². The molecule has 10 nitrogen and oxygen atoms in total. The number of hydrogen-bond donors (Lipinski definition) is 1. The van der Waals surface area contributed by atoms with Crippen LogP contribution in [0.1, 0.15) is 31.7 Å². The maximum atomic E-state index is 12.7. The Morgan fingerprint density at radius 2 is 1.97 bits per heavy atom. The van der Waals surface area contributed by atoms with E-state index in [1.54, 1.807) is 20.9 Å². The molecule has 3 aliphatic rings. The van der Waals surface area contributed by atoms with Crippen LogP contribution >= 0.6 is 0 Å². The molecule has 0 spiro atoms. The van der Waals surface area contributed by atoms with Crippen molar-refractivity contribution in [3.05, 3.63) is 41.5 Å². The zero-order valence-electron chi connectivity index (χ0n) is 19.9. The number of carbonyl (C=O) groups excluding carboxylic acids is 2. The summed E-state index contributed by atoms with van der Waals surface area (Å²) >= 11 is 0. The molecule has 1 saturated heterocycles. The van der Waals surface area contributed by atoms with Gasteiger partial charge in [0.1, 0.15) is 0 Å². The molecule has 1 unspecified atom stereocenters. The molecule has 4 rings (SSSR count). The van der Waals surface area contributed by atoms with Crippen molar-refractivity contribution in [1.29, 1.82) is 0 Å². The number of nitrogens with one attached hydrogen (secondary N) is 1. The highest BCUT2D eigenvalue weighted by Gasteiger charge is 2.33. The molecule has 0 radical (unpaired) electrons. The van der Waals surface area contributed by atoms with E-state index in [1.807, 2.05) is 6.92 Å². The fourth-order valence-electron chi connectivity index (χ4n) is 4.40. The number of hydrogen-bond acceptors (Lipinski definition) is 8. The Hall–Kier alpha value is -3.48. The van der Waals surface area contributed by atoms with Gasteiger partial charge in [-0.3, -0.25) is 15.0 Å². The van der Waals surface area contributed by atoms with E-state index in [9.17, 15) is 22.8 Å². The molecule has 3 aliphatic heterocycles. The highest BCUT2D eigenvalue weighted by Crippen LogP contribution is 2.29. The fourth-order valence-corrected chi connectivity index (χ4v) is 4.40. The average Bonchev–Trinajstić information content (AvgIpc) is 2.84. The molecular formula is C23H28F3N7O3. The molecule has 0 bridgehead atoms. The quantitative estimate of drug-likeness (QED) is 0.563. The number of rotatable bonds is 7. The third-order valence-electron chi connectivity index (χ3n) is 6.36. The molecule has 1 atom stereocenters. The van der Waals surface area contributed by atoms with Gasteiger partial charge in [0.25, 0.3) is 0 Å². The molecule has 4 heterocycles. The van der Waals surface area contributed by atoms with Gasteiger partial charge in [0, 0.05) is 56.6 Å². The van der Waals surface area contributed by atoms with Crippen LogP contribution in [-0.4, -0.2) is 83.2 Å². The molecule has 1 aromatic heterocycles. The van der Waals surface area contributed by atoms with Gasteiger partial charge in [0.15, 0.2) is 0 Å². The van der Waals surface area contributed by atoms with Crippen molar-refractivity contribution in [3.63, 3.8) is 0 Å². The highest BCUT2D eigenvalue weighted by atomic mass is 19.4. The molecule has 1 aromatic rings. The normalized spacial score (nSPS) is 20.6. The second kappa shape index (κ2) is 10.6. The van der Waals surface area contributed by atoms with Crippen LogP contribution in [-0.2, 0) is 20.5 Å². The zero-order chi connectivity index (χ0) is 25.9. The van der Waals surface area contributed by atoms with Crippen molar-refractivity contribution in [1.82, 2.24) is 25.2 Å². The molecule has 0 aliphatic carbocycles. The Balaban J connectivity index is 1.20. The SMILES string of the molecule is C=C1NN=CC2=C1CCC(=O)N2CCOCCC(=O)N1CCN(c2ncc(C(F)(F)F)cn2)C(C)C1. The van der Waals surface area contributed by atoms with Crippen molar-refractivity contribution in [2.24, 2.45) is 5.10 Å². The van der Waals surface area contributed by atoms with Crippen molar-refractivity contribution in [3.8, 4) is 0 Å². The topological polar surface area (TPSA) is 103 Å². The maximum Gasteiger partial charge on any atom is 0.419 e. The van der Waals surface area contributed by atoms with Crippen molar-refractivity contribution in [2.75, 3.05) is 44.3 Å². The van der Waals surface area contributed by atoms with Crippen LogP contribution in [0.15, 0.2) is 41.0 Å². The van der Waals surface area contributed by atoms with Crippen LogP contribution in [0.25, 0.3) is 0 Å². The lowest BCUT2D eigenvalue weighted by atomic mass is 9.99. The Labute approximate surface area is 206 Å². The first-order chi connectivity index (χ1) is 17.1. The van der Waals surface area contributed by atoms with E-state index >= 15 is 0 Å². The minimum Gasteiger partial charge on any atom is -0.379 e. The highest BCUT2D eigenvalue weighted by molar-refractivity contribution is 5.92. The van der Waals surface area contributed by atoms with Crippen LogP contribution < -0.4 is 10.3 Å². The first kappa shape index (κ1) is 25.6. The van der Waals surface area contributed by atoms with Crippen LogP contribution in [0, 0.1) is 0 Å². The van der Waals surface area contributed by atoms with E-state index < -0.39 is 11.7 Å². The number of halogens is 3. The molecule has 0 aromatic carbocycles. The smallest absolute Gasteiger partial charge is 0.379 e. The number of nitrogens with zero attached hydrogens (tertiary/aromatic N) is 6. The standard InChI is InChI=1S/C23H28F3N7O3/c1-15-14-31(6-7-32(15)22-27-11-17(12-28-22)23(24,25)26)20(34)5-9-36-10-8-33-19-13-29-30-16(2)18(19)3-4-21(33)35/h11-13,15,30H,2-10,14H2,1H3. The molecule has 36 heavy (non-hydrogen) atoms. The van der Waals surface area contributed by atoms with Crippen LogP contribution in [0.2, 0.25) is 0 Å². The number of anilines is 1. The molecule has 1 fully saturated rings. The molecule has 0 saturated carbocycles. The van der Waals surface area contributed by atoms with Crippen LogP contribution in [0.3, 0.4) is 0 Å². The predicted octanol–water partition coefficient (Wildman–Crippen LogP) is 1.92. The molecule has 13 heteroatoms. The lowest BCUT2D eigenvalue weighted by Gasteiger charge is -2.40. The largest absolute Gasteiger partial charge is 0.419 e. The minimum absolute atomic E-state index is 0.00143. The van der Waals surface area contributed by atoms with E-state index in [0.29, 0.717) is 44.7 Å². The van der Waals surface area contributed by atoms with Gasteiger partial charge in [-0.1, -0.05) is 6.58 Å². The third-order valence-corrected chi connectivity index (χ3v) is 6.36. The van der Waals surface area contributed by atoms with Gasteiger partial charge in [-0.05, 0) is 13.3 Å². The first-order valence-corrected chi connectivity index (χ1v) is 11.7. The second-order valence-corrected chi connectivity index (χ2v) is 8.77. The average molecular weight is 508 g/mol. The number of carbonyl (C=O) groups is 2. The van der Waals surface area contributed by atoms with Gasteiger partial charge >= 0.3 is 6.18 Å². The van der Waals surface area contributed by atoms with Gasteiger partial charge in [-0.15, -0.1) is 0 Å². The summed E-state index contributed by atoms with van der Waals surface area (Å²) in [5.74, 6) is 0.132. The second-order valence-electron chi connectivity index (χ2n) is 8.77. The predicted molar refractivity (Wildman–Crippen MR) is 125 cm³/mol. The molecule has 2 amide bonds. The first-order valence-electron chi connectivity index (χ1n) is 11.7. The van der Waals surface area contributed by atoms with Crippen molar-refractivity contribution >= 4 is 24.0 Å². The summed E-state index contributed by atoms with van der Waals surface area (Å²) in [7, 11) is 0. The summed E-state index contributed by atoms with van der Waals surface area (Å²) in [6.45, 7) is 7.86. The van der Waals surface area contributed by atoms with E-state index in [1.165, 1.54) is 0 Å². The summed E-state index contributed by atoms with van der Waals surface area (Å²) in [6.07, 6.45) is -0.131.